The average Bonchev–Trinajstić information content (AvgIpc) is 3.10. The van der Waals surface area contributed by atoms with Gasteiger partial charge in [-0.05, 0) is 12.1 Å². The Kier molecular flexibility index (Phi) is 8.46. The normalized spacial score (nSPS) is 10.3. The van der Waals surface area contributed by atoms with Crippen LogP contribution < -0.4 is 5.73 Å². The molecule has 0 radical (unpaired) electrons. The largest absolute Gasteiger partial charge is 0.465 e. The number of nitrogens with two attached hydrogens (primary N) is 1. The van der Waals surface area contributed by atoms with Crippen LogP contribution in [0.3, 0.4) is 0 Å². The Bertz CT molecular complexity index is 1000. The fourth-order valence-corrected chi connectivity index (χ4v) is 4.45. The van der Waals surface area contributed by atoms with E-state index >= 15 is 0 Å². The zero-order chi connectivity index (χ0) is 23.1. The van der Waals surface area contributed by atoms with Gasteiger partial charge < -0.3 is 24.8 Å². The molecule has 0 aliphatic carbocycles. The lowest BCUT2D eigenvalue weighted by atomic mass is 10.1. The molecule has 2 N–H and O–H groups in total. The maximum Gasteiger partial charge on any atom is 0.348 e. The van der Waals surface area contributed by atoms with Crippen molar-refractivity contribution in [1.82, 2.24) is 4.90 Å². The van der Waals surface area contributed by atoms with E-state index in [9.17, 15) is 19.2 Å². The van der Waals surface area contributed by atoms with Crippen LogP contribution in [0.4, 0.5) is 5.00 Å². The highest BCUT2D eigenvalue weighted by Crippen LogP contribution is 2.33. The van der Waals surface area contributed by atoms with Gasteiger partial charge in [-0.1, -0.05) is 12.1 Å². The van der Waals surface area contributed by atoms with Crippen LogP contribution in [0.25, 0.3) is 0 Å². The molecule has 1 amide bonds. The van der Waals surface area contributed by atoms with Crippen molar-refractivity contribution >= 4 is 51.9 Å². The van der Waals surface area contributed by atoms with Crippen LogP contribution in [0.1, 0.15) is 36.0 Å². The number of benzene rings is 1. The lowest BCUT2D eigenvalue weighted by Crippen LogP contribution is -2.23. The molecule has 1 aromatic heterocycles. The molecule has 0 aliphatic rings. The molecule has 2 rings (SSSR count). The second kappa shape index (κ2) is 10.8. The number of nitrogen functional groups attached to an aromatic ring is 1. The summed E-state index contributed by atoms with van der Waals surface area (Å²) >= 11 is 2.05. The maximum atomic E-state index is 12.7. The molecular formula is C20H22N2O7S2. The van der Waals surface area contributed by atoms with Crippen molar-refractivity contribution in [3.05, 3.63) is 45.8 Å². The number of thioether (sulfide) groups is 1. The van der Waals surface area contributed by atoms with Gasteiger partial charge in [-0.2, -0.15) is 0 Å². The number of hydrogen-bond acceptors (Lipinski definition) is 10. The van der Waals surface area contributed by atoms with Gasteiger partial charge in [-0.3, -0.25) is 4.79 Å². The van der Waals surface area contributed by atoms with Crippen LogP contribution in [0, 0.1) is 0 Å². The Balaban J connectivity index is 2.26. The molecule has 0 saturated carbocycles. The first-order valence-corrected chi connectivity index (χ1v) is 10.7. The summed E-state index contributed by atoms with van der Waals surface area (Å²) in [5.74, 6) is -2.11. The van der Waals surface area contributed by atoms with Crippen LogP contribution in [0.5, 0.6) is 0 Å². The maximum absolute atomic E-state index is 12.7. The first kappa shape index (κ1) is 24.2. The van der Waals surface area contributed by atoms with E-state index in [4.69, 9.17) is 19.9 Å². The summed E-state index contributed by atoms with van der Waals surface area (Å²) in [5.41, 5.74) is 6.20. The average molecular weight is 467 g/mol. The predicted octanol–water partition coefficient (Wildman–Crippen LogP) is 2.44. The zero-order valence-electron chi connectivity index (χ0n) is 17.4. The molecule has 0 bridgehead atoms. The van der Waals surface area contributed by atoms with E-state index in [1.54, 1.807) is 38.4 Å². The molecule has 166 valence electrons. The number of thiophene rings is 1. The summed E-state index contributed by atoms with van der Waals surface area (Å²) in [6.07, 6.45) is 0. The molecule has 0 atom stereocenters. The van der Waals surface area contributed by atoms with Crippen molar-refractivity contribution in [2.75, 3.05) is 39.8 Å². The van der Waals surface area contributed by atoms with Gasteiger partial charge in [0.15, 0.2) is 0 Å². The van der Waals surface area contributed by atoms with E-state index in [1.807, 2.05) is 0 Å². The van der Waals surface area contributed by atoms with Gasteiger partial charge in [0.2, 0.25) is 5.91 Å². The van der Waals surface area contributed by atoms with Gasteiger partial charge in [-0.15, -0.1) is 23.1 Å². The number of carbonyl (C=O) groups is 4. The first-order valence-electron chi connectivity index (χ1n) is 8.88. The van der Waals surface area contributed by atoms with E-state index in [-0.39, 0.29) is 38.2 Å². The van der Waals surface area contributed by atoms with Gasteiger partial charge >= 0.3 is 17.9 Å². The highest BCUT2D eigenvalue weighted by Gasteiger charge is 2.28. The Morgan fingerprint density at radius 1 is 1.03 bits per heavy atom. The first-order chi connectivity index (χ1) is 14.7. The van der Waals surface area contributed by atoms with Crippen molar-refractivity contribution in [2.24, 2.45) is 0 Å². The van der Waals surface area contributed by atoms with Crippen molar-refractivity contribution in [3.63, 3.8) is 0 Å². The number of carbonyl (C=O) groups excluding carboxylic acids is 4. The molecule has 1 aromatic carbocycles. The minimum atomic E-state index is -0.756. The Labute approximate surface area is 187 Å². The standard InChI is InChI=1S/C20H22N2O7S2/c1-22(2)14(23)10-30-13-8-6-5-7-11(13)18(24)29-9-12-15(19(25)27-3)17(21)31-16(12)20(26)28-4/h5-8H,9-10,21H2,1-4H3. The number of methoxy groups -OCH3 is 2. The highest BCUT2D eigenvalue weighted by molar-refractivity contribution is 8.00. The molecule has 0 aliphatic heterocycles. The van der Waals surface area contributed by atoms with Gasteiger partial charge in [-0.25, -0.2) is 14.4 Å². The number of ether oxygens (including phenoxy) is 3. The minimum Gasteiger partial charge on any atom is -0.465 e. The van der Waals surface area contributed by atoms with E-state index in [1.165, 1.54) is 30.9 Å². The topological polar surface area (TPSA) is 125 Å². The van der Waals surface area contributed by atoms with Gasteiger partial charge in [0, 0.05) is 24.6 Å². The third-order valence-electron chi connectivity index (χ3n) is 4.10. The number of nitrogens with zero attached hydrogens (tertiary/aromatic N) is 1. The van der Waals surface area contributed by atoms with E-state index in [2.05, 4.69) is 0 Å². The van der Waals surface area contributed by atoms with Gasteiger partial charge in [0.05, 0.1) is 25.5 Å². The number of rotatable bonds is 8. The van der Waals surface area contributed by atoms with Crippen LogP contribution in [-0.4, -0.2) is 62.8 Å². The monoisotopic (exact) mass is 466 g/mol. The molecule has 2 aromatic rings. The Morgan fingerprint density at radius 3 is 2.29 bits per heavy atom. The second-order valence-corrected chi connectivity index (χ2v) is 8.35. The van der Waals surface area contributed by atoms with E-state index in [0.717, 1.165) is 11.3 Å². The smallest absolute Gasteiger partial charge is 0.348 e. The molecule has 0 unspecified atom stereocenters. The fraction of sp³-hybridized carbons (Fsp3) is 0.300. The van der Waals surface area contributed by atoms with Crippen molar-refractivity contribution in [1.29, 1.82) is 0 Å². The predicted molar refractivity (Wildman–Crippen MR) is 116 cm³/mol. The van der Waals surface area contributed by atoms with Crippen molar-refractivity contribution in [3.8, 4) is 0 Å². The Hall–Kier alpha value is -3.05. The third kappa shape index (κ3) is 5.76. The second-order valence-electron chi connectivity index (χ2n) is 6.28. The lowest BCUT2D eigenvalue weighted by Gasteiger charge is -2.12. The van der Waals surface area contributed by atoms with Crippen molar-refractivity contribution in [2.45, 2.75) is 11.5 Å². The number of esters is 3. The highest BCUT2D eigenvalue weighted by atomic mass is 32.2. The van der Waals surface area contributed by atoms with Gasteiger partial charge in [0.1, 0.15) is 22.0 Å². The van der Waals surface area contributed by atoms with E-state index in [0.29, 0.717) is 4.90 Å². The summed E-state index contributed by atoms with van der Waals surface area (Å²) in [6, 6.07) is 6.67. The number of hydrogen-bond donors (Lipinski definition) is 1. The molecule has 9 nitrogen and oxygen atoms in total. The molecule has 1 heterocycles. The van der Waals surface area contributed by atoms with Crippen LogP contribution in [0.15, 0.2) is 29.2 Å². The summed E-state index contributed by atoms with van der Waals surface area (Å²) in [7, 11) is 5.66. The fourth-order valence-electron chi connectivity index (χ4n) is 2.45. The van der Waals surface area contributed by atoms with Crippen LogP contribution in [-0.2, 0) is 25.6 Å². The summed E-state index contributed by atoms with van der Waals surface area (Å²) in [5, 5.41) is 0.0523. The molecular weight excluding hydrogens is 444 g/mol. The third-order valence-corrected chi connectivity index (χ3v) is 6.20. The molecule has 0 saturated heterocycles. The quantitative estimate of drug-likeness (QED) is 0.355. The van der Waals surface area contributed by atoms with Crippen LogP contribution >= 0.6 is 23.1 Å². The molecule has 31 heavy (non-hydrogen) atoms. The summed E-state index contributed by atoms with van der Waals surface area (Å²) in [4.78, 5) is 50.9. The van der Waals surface area contributed by atoms with Crippen molar-refractivity contribution < 1.29 is 33.4 Å². The van der Waals surface area contributed by atoms with Crippen LogP contribution in [0.2, 0.25) is 0 Å². The lowest BCUT2D eigenvalue weighted by molar-refractivity contribution is -0.125. The Morgan fingerprint density at radius 2 is 1.68 bits per heavy atom. The molecule has 0 spiro atoms. The number of anilines is 1. The minimum absolute atomic E-state index is 0.0417. The number of amides is 1. The summed E-state index contributed by atoms with van der Waals surface area (Å²) in [6.45, 7) is -0.392. The summed E-state index contributed by atoms with van der Waals surface area (Å²) < 4.78 is 14.8. The molecule has 11 heteroatoms. The zero-order valence-corrected chi connectivity index (χ0v) is 19.1. The van der Waals surface area contributed by atoms with E-state index < -0.39 is 24.5 Å². The van der Waals surface area contributed by atoms with Gasteiger partial charge in [0.25, 0.3) is 0 Å². The molecule has 0 fully saturated rings. The SMILES string of the molecule is COC(=O)c1sc(N)c(C(=O)OC)c1COC(=O)c1ccccc1SCC(=O)N(C)C.